The van der Waals surface area contributed by atoms with E-state index in [4.69, 9.17) is 16.3 Å². The largest absolute Gasteiger partial charge is 0.456 e. The summed E-state index contributed by atoms with van der Waals surface area (Å²) in [7, 11) is 0. The fourth-order valence-corrected chi connectivity index (χ4v) is 4.94. The SMILES string of the molecule is O=C(COC(=O)CCn1cnc2sc3c(c2c1=O)CCCC3)Nc1cccc(Cl)c1. The minimum Gasteiger partial charge on any atom is -0.456 e. The average Bonchev–Trinajstić information content (AvgIpc) is 3.11. The van der Waals surface area contributed by atoms with Crippen LogP contribution in [0.25, 0.3) is 10.2 Å². The number of anilines is 1. The second-order valence-electron chi connectivity index (χ2n) is 7.10. The fourth-order valence-electron chi connectivity index (χ4n) is 3.53. The van der Waals surface area contributed by atoms with E-state index in [0.29, 0.717) is 16.1 Å². The van der Waals surface area contributed by atoms with E-state index in [-0.39, 0.29) is 18.5 Å². The molecule has 156 valence electrons. The number of hydrogen-bond acceptors (Lipinski definition) is 6. The van der Waals surface area contributed by atoms with Gasteiger partial charge in [0.1, 0.15) is 4.83 Å². The van der Waals surface area contributed by atoms with E-state index >= 15 is 0 Å². The van der Waals surface area contributed by atoms with Crippen LogP contribution in [0.15, 0.2) is 35.4 Å². The van der Waals surface area contributed by atoms with Crippen molar-refractivity contribution in [3.05, 3.63) is 56.4 Å². The Bertz CT molecular complexity index is 1170. The van der Waals surface area contributed by atoms with E-state index in [1.807, 2.05) is 0 Å². The number of carbonyl (C=O) groups is 2. The number of halogens is 1. The molecule has 1 aliphatic carbocycles. The van der Waals surface area contributed by atoms with Crippen LogP contribution in [0.4, 0.5) is 5.69 Å². The van der Waals surface area contributed by atoms with Crippen molar-refractivity contribution in [3.8, 4) is 0 Å². The van der Waals surface area contributed by atoms with E-state index in [9.17, 15) is 14.4 Å². The molecule has 4 rings (SSSR count). The second-order valence-corrected chi connectivity index (χ2v) is 8.62. The van der Waals surface area contributed by atoms with Gasteiger partial charge in [-0.25, -0.2) is 4.98 Å². The molecular weight excluding hydrogens is 426 g/mol. The van der Waals surface area contributed by atoms with Gasteiger partial charge in [-0.1, -0.05) is 17.7 Å². The van der Waals surface area contributed by atoms with Crippen LogP contribution >= 0.6 is 22.9 Å². The summed E-state index contributed by atoms with van der Waals surface area (Å²) in [5.74, 6) is -1.02. The third kappa shape index (κ3) is 4.55. The summed E-state index contributed by atoms with van der Waals surface area (Å²) in [5, 5.41) is 3.78. The van der Waals surface area contributed by atoms with Crippen LogP contribution < -0.4 is 10.9 Å². The number of thiophene rings is 1. The third-order valence-electron chi connectivity index (χ3n) is 4.97. The number of ether oxygens (including phenoxy) is 1. The Kier molecular flexibility index (Phi) is 6.15. The average molecular weight is 446 g/mol. The van der Waals surface area contributed by atoms with Crippen molar-refractivity contribution in [2.24, 2.45) is 0 Å². The smallest absolute Gasteiger partial charge is 0.308 e. The second kappa shape index (κ2) is 8.97. The predicted octanol–water partition coefficient (Wildman–Crippen LogP) is 3.56. The Labute approximate surface area is 181 Å². The van der Waals surface area contributed by atoms with Crippen molar-refractivity contribution >= 4 is 50.7 Å². The van der Waals surface area contributed by atoms with Crippen LogP contribution in [0.5, 0.6) is 0 Å². The maximum absolute atomic E-state index is 12.9. The first-order chi connectivity index (χ1) is 14.5. The topological polar surface area (TPSA) is 90.3 Å². The number of nitrogens with zero attached hydrogens (tertiary/aromatic N) is 2. The van der Waals surface area contributed by atoms with Gasteiger partial charge in [0.15, 0.2) is 6.61 Å². The summed E-state index contributed by atoms with van der Waals surface area (Å²) in [6, 6.07) is 6.68. The lowest BCUT2D eigenvalue weighted by atomic mass is 9.97. The highest BCUT2D eigenvalue weighted by Gasteiger charge is 2.20. The van der Waals surface area contributed by atoms with E-state index in [0.717, 1.165) is 36.1 Å². The third-order valence-corrected chi connectivity index (χ3v) is 6.41. The lowest BCUT2D eigenvalue weighted by Gasteiger charge is -2.10. The van der Waals surface area contributed by atoms with Gasteiger partial charge in [0.05, 0.1) is 18.1 Å². The number of carbonyl (C=O) groups excluding carboxylic acids is 2. The molecule has 0 unspecified atom stereocenters. The molecule has 1 amide bonds. The first-order valence-corrected chi connectivity index (χ1v) is 10.9. The molecule has 2 heterocycles. The van der Waals surface area contributed by atoms with Gasteiger partial charge in [-0.05, 0) is 49.4 Å². The Balaban J connectivity index is 1.33. The summed E-state index contributed by atoms with van der Waals surface area (Å²) in [4.78, 5) is 43.2. The molecule has 1 N–H and O–H groups in total. The van der Waals surface area contributed by atoms with Gasteiger partial charge in [0.2, 0.25) is 0 Å². The summed E-state index contributed by atoms with van der Waals surface area (Å²) in [5.41, 5.74) is 1.52. The highest BCUT2D eigenvalue weighted by atomic mass is 35.5. The highest BCUT2D eigenvalue weighted by molar-refractivity contribution is 7.18. The zero-order valence-corrected chi connectivity index (χ0v) is 17.7. The number of aromatic nitrogens is 2. The monoisotopic (exact) mass is 445 g/mol. The van der Waals surface area contributed by atoms with Crippen LogP contribution in [0.2, 0.25) is 5.02 Å². The minimum absolute atomic E-state index is 0.0239. The van der Waals surface area contributed by atoms with Gasteiger partial charge >= 0.3 is 5.97 Å². The first-order valence-electron chi connectivity index (χ1n) is 9.72. The molecule has 0 atom stereocenters. The molecule has 0 radical (unpaired) electrons. The Morgan fingerprint density at radius 1 is 1.27 bits per heavy atom. The van der Waals surface area contributed by atoms with Crippen molar-refractivity contribution in [1.29, 1.82) is 0 Å². The van der Waals surface area contributed by atoms with Crippen LogP contribution in [-0.4, -0.2) is 28.0 Å². The van der Waals surface area contributed by atoms with E-state index in [1.165, 1.54) is 15.8 Å². The Morgan fingerprint density at radius 2 is 2.10 bits per heavy atom. The van der Waals surface area contributed by atoms with Crippen LogP contribution in [0.1, 0.15) is 29.7 Å². The number of aryl methyl sites for hydroxylation is 3. The van der Waals surface area contributed by atoms with Gasteiger partial charge < -0.3 is 10.1 Å². The molecule has 0 bridgehead atoms. The Morgan fingerprint density at radius 3 is 2.93 bits per heavy atom. The van der Waals surface area contributed by atoms with E-state index in [2.05, 4.69) is 10.3 Å². The molecule has 0 spiro atoms. The molecule has 7 nitrogen and oxygen atoms in total. The quantitative estimate of drug-likeness (QED) is 0.586. The predicted molar refractivity (Wildman–Crippen MR) is 116 cm³/mol. The minimum atomic E-state index is -0.560. The van der Waals surface area contributed by atoms with E-state index in [1.54, 1.807) is 35.6 Å². The van der Waals surface area contributed by atoms with Crippen LogP contribution in [0, 0.1) is 0 Å². The van der Waals surface area contributed by atoms with Gasteiger partial charge in [-0.3, -0.25) is 19.0 Å². The molecule has 3 aromatic rings. The molecule has 1 aromatic carbocycles. The number of nitrogens with one attached hydrogen (secondary N) is 1. The summed E-state index contributed by atoms with van der Waals surface area (Å²) < 4.78 is 6.45. The van der Waals surface area contributed by atoms with Crippen molar-refractivity contribution in [2.75, 3.05) is 11.9 Å². The molecule has 9 heteroatoms. The number of amides is 1. The normalized spacial score (nSPS) is 13.1. The van der Waals surface area contributed by atoms with E-state index < -0.39 is 18.5 Å². The number of esters is 1. The number of hydrogen-bond donors (Lipinski definition) is 1. The molecular formula is C21H20ClN3O4S. The zero-order chi connectivity index (χ0) is 21.1. The number of rotatable bonds is 6. The van der Waals surface area contributed by atoms with Crippen molar-refractivity contribution in [1.82, 2.24) is 9.55 Å². The molecule has 2 aromatic heterocycles. The zero-order valence-electron chi connectivity index (χ0n) is 16.2. The standard InChI is InChI=1S/C21H20ClN3O4S/c22-13-4-3-5-14(10-13)24-17(26)11-29-18(27)8-9-25-12-23-20-19(21(25)28)15-6-1-2-7-16(15)30-20/h3-5,10,12H,1-2,6-9,11H2,(H,24,26). The maximum atomic E-state index is 12.9. The molecule has 1 aliphatic rings. The maximum Gasteiger partial charge on any atom is 0.308 e. The van der Waals surface area contributed by atoms with Crippen molar-refractivity contribution in [3.63, 3.8) is 0 Å². The summed E-state index contributed by atoms with van der Waals surface area (Å²) >= 11 is 7.46. The molecule has 0 fully saturated rings. The van der Waals surface area contributed by atoms with Crippen molar-refractivity contribution < 1.29 is 14.3 Å². The van der Waals surface area contributed by atoms with Crippen molar-refractivity contribution in [2.45, 2.75) is 38.6 Å². The molecule has 0 saturated carbocycles. The van der Waals surface area contributed by atoms with Gasteiger partial charge in [0.25, 0.3) is 11.5 Å². The fraction of sp³-hybridized carbons (Fsp3) is 0.333. The van der Waals surface area contributed by atoms with Crippen LogP contribution in [0.3, 0.4) is 0 Å². The van der Waals surface area contributed by atoms with Gasteiger partial charge in [-0.15, -0.1) is 11.3 Å². The molecule has 0 saturated heterocycles. The Hall–Kier alpha value is -2.71. The summed E-state index contributed by atoms with van der Waals surface area (Å²) in [6.07, 6.45) is 5.58. The van der Waals surface area contributed by atoms with Gasteiger partial charge in [-0.2, -0.15) is 0 Å². The number of benzene rings is 1. The number of fused-ring (bicyclic) bond motifs is 3. The molecule has 0 aliphatic heterocycles. The van der Waals surface area contributed by atoms with Gasteiger partial charge in [0, 0.05) is 22.1 Å². The van der Waals surface area contributed by atoms with Crippen LogP contribution in [-0.2, 0) is 33.7 Å². The highest BCUT2D eigenvalue weighted by Crippen LogP contribution is 2.33. The lowest BCUT2D eigenvalue weighted by molar-refractivity contribution is -0.147. The lowest BCUT2D eigenvalue weighted by Crippen LogP contribution is -2.24. The first kappa shape index (κ1) is 20.6. The molecule has 30 heavy (non-hydrogen) atoms. The summed E-state index contributed by atoms with van der Waals surface area (Å²) in [6.45, 7) is -0.253.